The molecule has 1 saturated heterocycles. The van der Waals surface area contributed by atoms with E-state index in [0.717, 1.165) is 12.8 Å². The molecule has 3 atom stereocenters. The first kappa shape index (κ1) is 9.50. The molecule has 0 N–H and O–H groups in total. The molecule has 2 rings (SSSR count). The van der Waals surface area contributed by atoms with E-state index in [-0.39, 0.29) is 12.1 Å². The summed E-state index contributed by atoms with van der Waals surface area (Å²) in [5.74, 6) is 0.326. The highest BCUT2D eigenvalue weighted by Crippen LogP contribution is 2.45. The van der Waals surface area contributed by atoms with Crippen LogP contribution in [0.5, 0.6) is 0 Å². The first-order valence-corrected chi connectivity index (χ1v) is 5.81. The van der Waals surface area contributed by atoms with E-state index >= 15 is 0 Å². The maximum Gasteiger partial charge on any atom is 0.323 e. The van der Waals surface area contributed by atoms with Gasteiger partial charge in [-0.1, -0.05) is 28.8 Å². The third-order valence-electron chi connectivity index (χ3n) is 3.31. The Kier molecular flexibility index (Phi) is 2.39. The monoisotopic (exact) mass is 246 g/mol. The van der Waals surface area contributed by atoms with Gasteiger partial charge in [0, 0.05) is 5.92 Å². The minimum atomic E-state index is -0.415. The zero-order valence-corrected chi connectivity index (χ0v) is 9.47. The van der Waals surface area contributed by atoms with E-state index in [2.05, 4.69) is 15.9 Å². The van der Waals surface area contributed by atoms with Crippen molar-refractivity contribution in [1.29, 1.82) is 0 Å². The van der Waals surface area contributed by atoms with Gasteiger partial charge in [-0.3, -0.25) is 4.79 Å². The molecule has 0 aromatic heterocycles. The van der Waals surface area contributed by atoms with Crippen LogP contribution in [-0.2, 0) is 9.53 Å². The van der Waals surface area contributed by atoms with Crippen LogP contribution in [0.2, 0.25) is 0 Å². The van der Waals surface area contributed by atoms with Crippen LogP contribution in [0.1, 0.15) is 39.0 Å². The fraction of sp³-hybridized carbons (Fsp3) is 0.900. The highest BCUT2D eigenvalue weighted by atomic mass is 79.9. The summed E-state index contributed by atoms with van der Waals surface area (Å²) in [5, 5.41) is 0. The Hall–Kier alpha value is -0.0500. The molecule has 3 heteroatoms. The summed E-state index contributed by atoms with van der Waals surface area (Å²) in [6.07, 6.45) is 6.08. The van der Waals surface area contributed by atoms with Crippen molar-refractivity contribution in [2.24, 2.45) is 5.92 Å². The molecule has 0 aromatic carbocycles. The van der Waals surface area contributed by atoms with E-state index in [1.54, 1.807) is 0 Å². The predicted molar refractivity (Wildman–Crippen MR) is 53.8 cm³/mol. The van der Waals surface area contributed by atoms with Crippen molar-refractivity contribution in [2.75, 3.05) is 0 Å². The highest BCUT2D eigenvalue weighted by molar-refractivity contribution is 9.10. The number of ether oxygens (including phenoxy) is 1. The number of carbonyl (C=O) groups is 1. The third-order valence-corrected chi connectivity index (χ3v) is 4.22. The van der Waals surface area contributed by atoms with Gasteiger partial charge in [-0.25, -0.2) is 0 Å². The smallest absolute Gasteiger partial charge is 0.323 e. The van der Waals surface area contributed by atoms with Crippen LogP contribution in [0.3, 0.4) is 0 Å². The first-order chi connectivity index (χ1) is 6.12. The quantitative estimate of drug-likeness (QED) is 0.486. The Morgan fingerprint density at radius 3 is 2.85 bits per heavy atom. The van der Waals surface area contributed by atoms with E-state index < -0.39 is 4.32 Å². The highest BCUT2D eigenvalue weighted by Gasteiger charge is 2.52. The van der Waals surface area contributed by atoms with Crippen LogP contribution >= 0.6 is 15.9 Å². The first-order valence-electron chi connectivity index (χ1n) is 5.02. The van der Waals surface area contributed by atoms with Gasteiger partial charge in [0.15, 0.2) is 0 Å². The van der Waals surface area contributed by atoms with Crippen LogP contribution in [0.4, 0.5) is 0 Å². The summed E-state index contributed by atoms with van der Waals surface area (Å²) in [4.78, 5) is 11.5. The van der Waals surface area contributed by atoms with Crippen molar-refractivity contribution in [1.82, 2.24) is 0 Å². The topological polar surface area (TPSA) is 26.3 Å². The van der Waals surface area contributed by atoms with Gasteiger partial charge < -0.3 is 4.74 Å². The Morgan fingerprint density at radius 2 is 2.08 bits per heavy atom. The van der Waals surface area contributed by atoms with Crippen molar-refractivity contribution in [2.45, 2.75) is 49.5 Å². The molecule has 2 fully saturated rings. The minimum absolute atomic E-state index is 0.0654. The molecule has 0 spiro atoms. The van der Waals surface area contributed by atoms with Gasteiger partial charge in [-0.05, 0) is 26.2 Å². The van der Waals surface area contributed by atoms with E-state index in [1.807, 2.05) is 6.92 Å². The van der Waals surface area contributed by atoms with Gasteiger partial charge >= 0.3 is 5.97 Å². The number of rotatable bonds is 0. The van der Waals surface area contributed by atoms with Gasteiger partial charge in [0.1, 0.15) is 10.4 Å². The van der Waals surface area contributed by atoms with Crippen molar-refractivity contribution in [3.05, 3.63) is 0 Å². The third kappa shape index (κ3) is 1.51. The average molecular weight is 247 g/mol. The van der Waals surface area contributed by atoms with Crippen molar-refractivity contribution < 1.29 is 9.53 Å². The fourth-order valence-electron chi connectivity index (χ4n) is 2.44. The summed E-state index contributed by atoms with van der Waals surface area (Å²) in [6.45, 7) is 1.95. The number of carbonyl (C=O) groups excluding carboxylic acids is 1. The Labute approximate surface area is 87.2 Å². The second-order valence-corrected chi connectivity index (χ2v) is 5.91. The molecule has 1 aliphatic carbocycles. The molecule has 0 unspecified atom stereocenters. The SMILES string of the molecule is C[C@@]1(Br)C(=O)O[C@H]2CCCCC[C@H]21. The maximum absolute atomic E-state index is 11.5. The molecule has 1 saturated carbocycles. The molecule has 0 aromatic rings. The predicted octanol–water partition coefficient (Wildman–Crippen LogP) is 2.65. The number of esters is 1. The van der Waals surface area contributed by atoms with E-state index in [9.17, 15) is 4.79 Å². The Morgan fingerprint density at radius 1 is 1.38 bits per heavy atom. The lowest BCUT2D eigenvalue weighted by molar-refractivity contribution is -0.143. The lowest BCUT2D eigenvalue weighted by atomic mass is 9.88. The number of fused-ring (bicyclic) bond motifs is 1. The summed E-state index contributed by atoms with van der Waals surface area (Å²) < 4.78 is 4.96. The molecule has 1 heterocycles. The second-order valence-electron chi connectivity index (χ2n) is 4.26. The van der Waals surface area contributed by atoms with E-state index in [1.165, 1.54) is 19.3 Å². The zero-order chi connectivity index (χ0) is 9.47. The molecular weight excluding hydrogens is 232 g/mol. The standard InChI is InChI=1S/C10H15BrO2/c1-10(11)7-5-3-2-4-6-8(7)13-9(10)12/h7-8H,2-6H2,1H3/t7-,8+,10+/m1/s1. The zero-order valence-electron chi connectivity index (χ0n) is 7.88. The largest absolute Gasteiger partial charge is 0.461 e. The molecule has 74 valence electrons. The minimum Gasteiger partial charge on any atom is -0.461 e. The van der Waals surface area contributed by atoms with Gasteiger partial charge in [0.2, 0.25) is 0 Å². The molecule has 0 amide bonds. The van der Waals surface area contributed by atoms with Gasteiger partial charge in [-0.15, -0.1) is 0 Å². The number of hydrogen-bond acceptors (Lipinski definition) is 2. The molecular formula is C10H15BrO2. The summed E-state index contributed by atoms with van der Waals surface area (Å²) in [6, 6.07) is 0. The summed E-state index contributed by atoms with van der Waals surface area (Å²) in [7, 11) is 0. The molecule has 2 nitrogen and oxygen atoms in total. The van der Waals surface area contributed by atoms with E-state index in [4.69, 9.17) is 4.74 Å². The summed E-state index contributed by atoms with van der Waals surface area (Å²) >= 11 is 3.51. The Bertz CT molecular complexity index is 225. The van der Waals surface area contributed by atoms with Crippen molar-refractivity contribution in [3.63, 3.8) is 0 Å². The van der Waals surface area contributed by atoms with Crippen LogP contribution in [-0.4, -0.2) is 16.4 Å². The van der Waals surface area contributed by atoms with Crippen LogP contribution < -0.4 is 0 Å². The normalized spacial score (nSPS) is 45.2. The lowest BCUT2D eigenvalue weighted by Gasteiger charge is -2.21. The van der Waals surface area contributed by atoms with E-state index in [0.29, 0.717) is 5.92 Å². The molecule has 1 aliphatic heterocycles. The van der Waals surface area contributed by atoms with Gasteiger partial charge in [0.25, 0.3) is 0 Å². The van der Waals surface area contributed by atoms with Crippen molar-refractivity contribution in [3.8, 4) is 0 Å². The maximum atomic E-state index is 11.5. The Balaban J connectivity index is 2.20. The van der Waals surface area contributed by atoms with Crippen LogP contribution in [0, 0.1) is 5.92 Å². The molecule has 0 radical (unpaired) electrons. The number of alkyl halides is 1. The van der Waals surface area contributed by atoms with Gasteiger partial charge in [0.05, 0.1) is 0 Å². The van der Waals surface area contributed by atoms with Crippen LogP contribution in [0.25, 0.3) is 0 Å². The average Bonchev–Trinajstić information content (AvgIpc) is 2.31. The van der Waals surface area contributed by atoms with Crippen molar-refractivity contribution >= 4 is 21.9 Å². The van der Waals surface area contributed by atoms with Crippen LogP contribution in [0.15, 0.2) is 0 Å². The number of halogens is 1. The second kappa shape index (κ2) is 3.26. The molecule has 13 heavy (non-hydrogen) atoms. The van der Waals surface area contributed by atoms with Gasteiger partial charge in [-0.2, -0.15) is 0 Å². The lowest BCUT2D eigenvalue weighted by Crippen LogP contribution is -2.31. The fourth-order valence-corrected chi connectivity index (χ4v) is 3.06. The summed E-state index contributed by atoms with van der Waals surface area (Å²) in [5.41, 5.74) is 0. The number of hydrogen-bond donors (Lipinski definition) is 0. The molecule has 0 bridgehead atoms. The molecule has 2 aliphatic rings.